The SMILES string of the molecule is Cc1cc(C(=O)Cn2ncc(Cl)c(Cl)c2=O)c(C)n1C(c1ccccc1)c1ccccc1. The summed E-state index contributed by atoms with van der Waals surface area (Å²) in [7, 11) is 0. The van der Waals surface area contributed by atoms with Gasteiger partial charge >= 0.3 is 0 Å². The molecular formula is C25H21Cl2N3O2. The molecule has 0 spiro atoms. The minimum atomic E-state index is -0.590. The van der Waals surface area contributed by atoms with Crippen molar-refractivity contribution in [3.8, 4) is 0 Å². The first kappa shape index (κ1) is 22.1. The van der Waals surface area contributed by atoms with E-state index in [-0.39, 0.29) is 28.4 Å². The Balaban J connectivity index is 1.77. The van der Waals surface area contributed by atoms with Crippen LogP contribution in [0.2, 0.25) is 10.0 Å². The van der Waals surface area contributed by atoms with E-state index < -0.39 is 5.56 Å². The molecule has 0 N–H and O–H groups in total. The summed E-state index contributed by atoms with van der Waals surface area (Å²) in [6, 6.07) is 22.1. The van der Waals surface area contributed by atoms with Crippen LogP contribution < -0.4 is 5.56 Å². The first-order valence-corrected chi connectivity index (χ1v) is 10.9. The van der Waals surface area contributed by atoms with Crippen molar-refractivity contribution in [3.05, 3.63) is 121 Å². The number of carbonyl (C=O) groups excluding carboxylic acids is 1. The Hall–Kier alpha value is -3.15. The highest BCUT2D eigenvalue weighted by Crippen LogP contribution is 2.31. The molecule has 32 heavy (non-hydrogen) atoms. The normalized spacial score (nSPS) is 11.2. The number of ketones is 1. The van der Waals surface area contributed by atoms with Crippen molar-refractivity contribution in [1.29, 1.82) is 0 Å². The van der Waals surface area contributed by atoms with Gasteiger partial charge in [0.1, 0.15) is 11.6 Å². The Kier molecular flexibility index (Phi) is 6.31. The molecule has 2 aromatic carbocycles. The number of Topliss-reactive ketones (excluding diaryl/α,β-unsaturated/α-hetero) is 1. The van der Waals surface area contributed by atoms with Gasteiger partial charge in [0.2, 0.25) is 0 Å². The van der Waals surface area contributed by atoms with Crippen LogP contribution in [0.1, 0.15) is 38.9 Å². The molecule has 7 heteroatoms. The minimum Gasteiger partial charge on any atom is -0.337 e. The second kappa shape index (κ2) is 9.15. The van der Waals surface area contributed by atoms with Gasteiger partial charge in [-0.2, -0.15) is 5.10 Å². The lowest BCUT2D eigenvalue weighted by molar-refractivity contribution is 0.0965. The molecule has 0 saturated heterocycles. The number of benzene rings is 2. The Morgan fingerprint density at radius 3 is 2.09 bits per heavy atom. The molecule has 5 nitrogen and oxygen atoms in total. The number of halogens is 2. The van der Waals surface area contributed by atoms with E-state index >= 15 is 0 Å². The van der Waals surface area contributed by atoms with Gasteiger partial charge in [0.25, 0.3) is 5.56 Å². The summed E-state index contributed by atoms with van der Waals surface area (Å²) in [5.41, 5.74) is 3.94. The topological polar surface area (TPSA) is 56.9 Å². The highest BCUT2D eigenvalue weighted by Gasteiger charge is 2.24. The number of rotatable bonds is 6. The van der Waals surface area contributed by atoms with E-state index in [1.807, 2.05) is 56.3 Å². The lowest BCUT2D eigenvalue weighted by Crippen LogP contribution is -2.27. The third-order valence-corrected chi connectivity index (χ3v) is 6.26. The standard InChI is InChI=1S/C25H21Cl2N3O2/c1-16-13-20(22(31)15-29-25(32)23(27)21(26)14-28-29)17(2)30(16)24(18-9-5-3-6-10-18)19-11-7-4-8-12-19/h3-14,24H,15H2,1-2H3. The van der Waals surface area contributed by atoms with Gasteiger partial charge in [-0.15, -0.1) is 0 Å². The molecule has 0 aliphatic heterocycles. The van der Waals surface area contributed by atoms with Crippen molar-refractivity contribution in [2.24, 2.45) is 0 Å². The van der Waals surface area contributed by atoms with Crippen LogP contribution >= 0.6 is 23.2 Å². The molecule has 0 amide bonds. The van der Waals surface area contributed by atoms with Crippen molar-refractivity contribution in [2.75, 3.05) is 0 Å². The Morgan fingerprint density at radius 2 is 1.53 bits per heavy atom. The molecule has 0 fully saturated rings. The summed E-state index contributed by atoms with van der Waals surface area (Å²) in [6.07, 6.45) is 1.27. The van der Waals surface area contributed by atoms with Gasteiger partial charge < -0.3 is 4.57 Å². The number of hydrogen-bond donors (Lipinski definition) is 0. The molecule has 0 aliphatic rings. The third kappa shape index (κ3) is 4.14. The van der Waals surface area contributed by atoms with E-state index in [1.165, 1.54) is 6.20 Å². The van der Waals surface area contributed by atoms with Crippen LogP contribution in [0.4, 0.5) is 0 Å². The average molecular weight is 466 g/mol. The lowest BCUT2D eigenvalue weighted by atomic mass is 9.98. The molecule has 2 heterocycles. The van der Waals surface area contributed by atoms with Crippen molar-refractivity contribution >= 4 is 29.0 Å². The Labute approximate surface area is 195 Å². The second-order valence-corrected chi connectivity index (χ2v) is 8.36. The highest BCUT2D eigenvalue weighted by atomic mass is 35.5. The summed E-state index contributed by atoms with van der Waals surface area (Å²) in [5.74, 6) is -0.225. The molecular weight excluding hydrogens is 445 g/mol. The fourth-order valence-electron chi connectivity index (χ4n) is 4.00. The fourth-order valence-corrected chi connectivity index (χ4v) is 4.27. The van der Waals surface area contributed by atoms with Crippen molar-refractivity contribution < 1.29 is 4.79 Å². The molecule has 2 aromatic heterocycles. The van der Waals surface area contributed by atoms with Crippen LogP contribution in [-0.2, 0) is 6.54 Å². The first-order valence-electron chi connectivity index (χ1n) is 10.1. The van der Waals surface area contributed by atoms with E-state index in [0.29, 0.717) is 5.56 Å². The van der Waals surface area contributed by atoms with Gasteiger partial charge in [0.05, 0.1) is 17.3 Å². The van der Waals surface area contributed by atoms with Gasteiger partial charge in [-0.25, -0.2) is 4.68 Å². The zero-order valence-corrected chi connectivity index (χ0v) is 19.1. The largest absolute Gasteiger partial charge is 0.337 e. The number of aromatic nitrogens is 3. The van der Waals surface area contributed by atoms with E-state index in [1.54, 1.807) is 0 Å². The van der Waals surface area contributed by atoms with Crippen LogP contribution in [0.15, 0.2) is 77.7 Å². The molecule has 0 saturated carbocycles. The summed E-state index contributed by atoms with van der Waals surface area (Å²) in [4.78, 5) is 25.5. The first-order chi connectivity index (χ1) is 15.4. The molecule has 0 radical (unpaired) electrons. The fraction of sp³-hybridized carbons (Fsp3) is 0.160. The Bertz CT molecular complexity index is 1290. The van der Waals surface area contributed by atoms with Crippen LogP contribution in [0.25, 0.3) is 0 Å². The molecule has 0 aliphatic carbocycles. The molecule has 0 unspecified atom stereocenters. The van der Waals surface area contributed by atoms with Crippen molar-refractivity contribution in [1.82, 2.24) is 14.3 Å². The van der Waals surface area contributed by atoms with E-state index in [2.05, 4.69) is 33.9 Å². The summed E-state index contributed by atoms with van der Waals surface area (Å²) < 4.78 is 3.19. The van der Waals surface area contributed by atoms with Gasteiger partial charge in [-0.3, -0.25) is 9.59 Å². The maximum Gasteiger partial charge on any atom is 0.287 e. The van der Waals surface area contributed by atoms with Crippen LogP contribution in [0.5, 0.6) is 0 Å². The maximum atomic E-state index is 13.2. The van der Waals surface area contributed by atoms with Crippen LogP contribution in [0, 0.1) is 13.8 Å². The summed E-state index contributed by atoms with van der Waals surface area (Å²) >= 11 is 11.8. The van der Waals surface area contributed by atoms with Gasteiger partial charge in [0, 0.05) is 17.0 Å². The van der Waals surface area contributed by atoms with Gasteiger partial charge in [-0.1, -0.05) is 83.9 Å². The summed E-state index contributed by atoms with van der Waals surface area (Å²) in [6.45, 7) is 3.68. The minimum absolute atomic E-state index is 0.0621. The zero-order valence-electron chi connectivity index (χ0n) is 17.6. The van der Waals surface area contributed by atoms with Crippen LogP contribution in [-0.4, -0.2) is 20.1 Å². The third-order valence-electron chi connectivity index (χ3n) is 5.51. The predicted octanol–water partition coefficient (Wildman–Crippen LogP) is 5.49. The van der Waals surface area contributed by atoms with Crippen molar-refractivity contribution in [2.45, 2.75) is 26.4 Å². The number of hydrogen-bond acceptors (Lipinski definition) is 3. The number of nitrogens with zero attached hydrogens (tertiary/aromatic N) is 3. The van der Waals surface area contributed by atoms with Crippen LogP contribution in [0.3, 0.4) is 0 Å². The quantitative estimate of drug-likeness (QED) is 0.353. The van der Waals surface area contributed by atoms with E-state index in [0.717, 1.165) is 27.2 Å². The number of aryl methyl sites for hydroxylation is 1. The van der Waals surface area contributed by atoms with Gasteiger partial charge in [0.15, 0.2) is 5.78 Å². The molecule has 0 atom stereocenters. The predicted molar refractivity (Wildman–Crippen MR) is 127 cm³/mol. The maximum absolute atomic E-state index is 13.2. The molecule has 0 bridgehead atoms. The summed E-state index contributed by atoms with van der Waals surface area (Å²) in [5, 5.41) is 3.87. The van der Waals surface area contributed by atoms with E-state index in [9.17, 15) is 9.59 Å². The smallest absolute Gasteiger partial charge is 0.287 e. The highest BCUT2D eigenvalue weighted by molar-refractivity contribution is 6.41. The zero-order chi connectivity index (χ0) is 22.8. The van der Waals surface area contributed by atoms with Gasteiger partial charge in [-0.05, 0) is 31.0 Å². The van der Waals surface area contributed by atoms with Crippen molar-refractivity contribution in [3.63, 3.8) is 0 Å². The molecule has 162 valence electrons. The number of carbonyl (C=O) groups is 1. The monoisotopic (exact) mass is 465 g/mol. The lowest BCUT2D eigenvalue weighted by Gasteiger charge is -2.24. The Morgan fingerprint density at radius 1 is 0.969 bits per heavy atom. The average Bonchev–Trinajstić information content (AvgIpc) is 3.10. The second-order valence-electron chi connectivity index (χ2n) is 7.57. The molecule has 4 rings (SSSR count). The van der Waals surface area contributed by atoms with E-state index in [4.69, 9.17) is 23.2 Å². The molecule has 4 aromatic rings.